The lowest BCUT2D eigenvalue weighted by molar-refractivity contribution is 0.173. The van der Waals surface area contributed by atoms with Gasteiger partial charge in [0.25, 0.3) is 0 Å². The quantitative estimate of drug-likeness (QED) is 0.823. The second kappa shape index (κ2) is 6.64. The van der Waals surface area contributed by atoms with Crippen LogP contribution in [-0.4, -0.2) is 46.0 Å². The molecule has 0 aliphatic carbocycles. The number of rotatable bonds is 7. The van der Waals surface area contributed by atoms with E-state index in [1.807, 2.05) is 18.2 Å². The molecule has 1 aromatic rings. The molecular weight excluding hydrogens is 292 g/mol. The lowest BCUT2D eigenvalue weighted by Gasteiger charge is -2.30. The molecule has 1 N–H and O–H groups in total. The third kappa shape index (κ3) is 4.09. The average molecular weight is 314 g/mol. The van der Waals surface area contributed by atoms with E-state index in [4.69, 9.17) is 9.47 Å². The SMILES string of the molecule is CCN(CC)C(CNS(C)(=O)=O)c1ccc2c(c1)OCO2. The Morgan fingerprint density at radius 1 is 1.24 bits per heavy atom. The predicted octanol–water partition coefficient (Wildman–Crippen LogP) is 1.35. The summed E-state index contributed by atoms with van der Waals surface area (Å²) in [5.41, 5.74) is 1.01. The van der Waals surface area contributed by atoms with E-state index < -0.39 is 10.0 Å². The largest absolute Gasteiger partial charge is 0.454 e. The van der Waals surface area contributed by atoms with Crippen molar-refractivity contribution in [2.75, 3.05) is 32.7 Å². The standard InChI is InChI=1S/C14H22N2O4S/c1-4-16(5-2)12(9-15-21(3,17)18)11-6-7-13-14(8-11)20-10-19-13/h6-8,12,15H,4-5,9-10H2,1-3H3. The van der Waals surface area contributed by atoms with Crippen LogP contribution in [0.3, 0.4) is 0 Å². The van der Waals surface area contributed by atoms with Gasteiger partial charge in [0.2, 0.25) is 16.8 Å². The van der Waals surface area contributed by atoms with Crippen molar-refractivity contribution in [3.8, 4) is 11.5 Å². The number of ether oxygens (including phenoxy) is 2. The molecule has 6 nitrogen and oxygen atoms in total. The minimum Gasteiger partial charge on any atom is -0.454 e. The summed E-state index contributed by atoms with van der Waals surface area (Å²) in [4.78, 5) is 2.20. The van der Waals surface area contributed by atoms with Crippen LogP contribution in [0.15, 0.2) is 18.2 Å². The van der Waals surface area contributed by atoms with Gasteiger partial charge >= 0.3 is 0 Å². The fraction of sp³-hybridized carbons (Fsp3) is 0.571. The lowest BCUT2D eigenvalue weighted by atomic mass is 10.0. The van der Waals surface area contributed by atoms with Gasteiger partial charge in [-0.05, 0) is 30.8 Å². The van der Waals surface area contributed by atoms with Gasteiger partial charge in [-0.15, -0.1) is 0 Å². The van der Waals surface area contributed by atoms with Gasteiger partial charge in [-0.2, -0.15) is 0 Å². The maximum absolute atomic E-state index is 11.4. The highest BCUT2D eigenvalue weighted by Crippen LogP contribution is 2.35. The van der Waals surface area contributed by atoms with E-state index in [1.54, 1.807) is 0 Å². The first-order chi connectivity index (χ1) is 9.94. The molecule has 7 heteroatoms. The van der Waals surface area contributed by atoms with E-state index in [0.717, 1.165) is 24.4 Å². The van der Waals surface area contributed by atoms with Gasteiger partial charge in [-0.1, -0.05) is 19.9 Å². The maximum Gasteiger partial charge on any atom is 0.231 e. The summed E-state index contributed by atoms with van der Waals surface area (Å²) in [6.45, 7) is 6.35. The zero-order valence-corrected chi connectivity index (χ0v) is 13.4. The van der Waals surface area contributed by atoms with Crippen LogP contribution < -0.4 is 14.2 Å². The summed E-state index contributed by atoms with van der Waals surface area (Å²) in [6, 6.07) is 5.72. The third-order valence-electron chi connectivity index (χ3n) is 3.57. The average Bonchev–Trinajstić information content (AvgIpc) is 2.89. The molecule has 1 aliphatic heterocycles. The first kappa shape index (κ1) is 16.1. The maximum atomic E-state index is 11.4. The molecule has 118 valence electrons. The number of benzene rings is 1. The van der Waals surface area contributed by atoms with Crippen LogP contribution >= 0.6 is 0 Å². The summed E-state index contributed by atoms with van der Waals surface area (Å²) in [6.07, 6.45) is 1.17. The third-order valence-corrected chi connectivity index (χ3v) is 4.26. The van der Waals surface area contributed by atoms with Crippen molar-refractivity contribution in [3.05, 3.63) is 23.8 Å². The van der Waals surface area contributed by atoms with Gasteiger partial charge < -0.3 is 9.47 Å². The number of hydrogen-bond acceptors (Lipinski definition) is 5. The zero-order valence-electron chi connectivity index (χ0n) is 12.6. The Bertz CT molecular complexity index is 585. The Balaban J connectivity index is 2.25. The van der Waals surface area contributed by atoms with Gasteiger partial charge in [-0.25, -0.2) is 13.1 Å². The molecule has 1 heterocycles. The Morgan fingerprint density at radius 2 is 1.90 bits per heavy atom. The molecule has 0 spiro atoms. The normalized spacial score (nSPS) is 15.4. The fourth-order valence-electron chi connectivity index (χ4n) is 2.47. The van der Waals surface area contributed by atoms with Crippen LogP contribution in [0.1, 0.15) is 25.5 Å². The monoisotopic (exact) mass is 314 g/mol. The van der Waals surface area contributed by atoms with Crippen molar-refractivity contribution in [2.45, 2.75) is 19.9 Å². The molecule has 0 bridgehead atoms. The Morgan fingerprint density at radius 3 is 2.52 bits per heavy atom. The molecule has 1 unspecified atom stereocenters. The van der Waals surface area contributed by atoms with Crippen molar-refractivity contribution < 1.29 is 17.9 Å². The highest BCUT2D eigenvalue weighted by molar-refractivity contribution is 7.88. The van der Waals surface area contributed by atoms with E-state index in [1.165, 1.54) is 6.26 Å². The molecule has 21 heavy (non-hydrogen) atoms. The van der Waals surface area contributed by atoms with Gasteiger partial charge in [0.05, 0.1) is 6.26 Å². The van der Waals surface area contributed by atoms with Crippen LogP contribution in [0.2, 0.25) is 0 Å². The van der Waals surface area contributed by atoms with Crippen LogP contribution in [0.4, 0.5) is 0 Å². The molecule has 0 radical (unpaired) electrons. The summed E-state index contributed by atoms with van der Waals surface area (Å²) in [5, 5.41) is 0. The minimum absolute atomic E-state index is 0.0378. The summed E-state index contributed by atoms with van der Waals surface area (Å²) in [7, 11) is -3.22. The van der Waals surface area contributed by atoms with Crippen molar-refractivity contribution in [2.24, 2.45) is 0 Å². The van der Waals surface area contributed by atoms with Crippen LogP contribution in [-0.2, 0) is 10.0 Å². The van der Waals surface area contributed by atoms with E-state index in [0.29, 0.717) is 12.3 Å². The second-order valence-corrected chi connectivity index (χ2v) is 6.80. The number of nitrogens with one attached hydrogen (secondary N) is 1. The zero-order chi connectivity index (χ0) is 15.5. The molecule has 0 aromatic heterocycles. The van der Waals surface area contributed by atoms with Gasteiger partial charge in [-0.3, -0.25) is 4.90 Å². The number of nitrogens with zero attached hydrogens (tertiary/aromatic N) is 1. The molecule has 0 amide bonds. The molecule has 0 fully saturated rings. The van der Waals surface area contributed by atoms with Crippen molar-refractivity contribution >= 4 is 10.0 Å². The van der Waals surface area contributed by atoms with Gasteiger partial charge in [0.1, 0.15) is 0 Å². The summed E-state index contributed by atoms with van der Waals surface area (Å²) in [5.74, 6) is 1.44. The first-order valence-corrected chi connectivity index (χ1v) is 8.92. The smallest absolute Gasteiger partial charge is 0.231 e. The summed E-state index contributed by atoms with van der Waals surface area (Å²) >= 11 is 0. The molecule has 0 saturated heterocycles. The van der Waals surface area contributed by atoms with Crippen molar-refractivity contribution in [1.82, 2.24) is 9.62 Å². The second-order valence-electron chi connectivity index (χ2n) is 4.97. The Labute approximate surface area is 126 Å². The lowest BCUT2D eigenvalue weighted by Crippen LogP contribution is -2.37. The predicted molar refractivity (Wildman–Crippen MR) is 81.1 cm³/mol. The van der Waals surface area contributed by atoms with Crippen molar-refractivity contribution in [3.63, 3.8) is 0 Å². The van der Waals surface area contributed by atoms with Crippen LogP contribution in [0.25, 0.3) is 0 Å². The fourth-order valence-corrected chi connectivity index (χ4v) is 2.93. The van der Waals surface area contributed by atoms with E-state index in [2.05, 4.69) is 23.5 Å². The molecule has 1 atom stereocenters. The topological polar surface area (TPSA) is 67.9 Å². The van der Waals surface area contributed by atoms with Gasteiger partial charge in [0, 0.05) is 12.6 Å². The van der Waals surface area contributed by atoms with E-state index in [-0.39, 0.29) is 12.8 Å². The molecule has 1 aromatic carbocycles. The van der Waals surface area contributed by atoms with E-state index >= 15 is 0 Å². The number of fused-ring (bicyclic) bond motifs is 1. The van der Waals surface area contributed by atoms with Crippen LogP contribution in [0, 0.1) is 0 Å². The minimum atomic E-state index is -3.22. The first-order valence-electron chi connectivity index (χ1n) is 7.02. The highest BCUT2D eigenvalue weighted by atomic mass is 32.2. The number of hydrogen-bond donors (Lipinski definition) is 1. The summed E-state index contributed by atoms with van der Waals surface area (Å²) < 4.78 is 36.1. The Hall–Kier alpha value is -1.31. The van der Waals surface area contributed by atoms with Crippen molar-refractivity contribution in [1.29, 1.82) is 0 Å². The number of likely N-dealkylation sites (N-methyl/N-ethyl adjacent to an activating group) is 1. The molecule has 0 saturated carbocycles. The highest BCUT2D eigenvalue weighted by Gasteiger charge is 2.22. The number of sulfonamides is 1. The Kier molecular flexibility index (Phi) is 5.08. The van der Waals surface area contributed by atoms with E-state index in [9.17, 15) is 8.42 Å². The molecule has 1 aliphatic rings. The van der Waals surface area contributed by atoms with Crippen LogP contribution in [0.5, 0.6) is 11.5 Å². The molecular formula is C14H22N2O4S. The van der Waals surface area contributed by atoms with Gasteiger partial charge in [0.15, 0.2) is 11.5 Å². The molecule has 2 rings (SSSR count).